The SMILES string of the molecule is O=C(c1ccccc1)c1cccc(-c2ccccc2Nc2ccccc2)n1. The fourth-order valence-electron chi connectivity index (χ4n) is 2.94. The van der Waals surface area contributed by atoms with Crippen molar-refractivity contribution < 1.29 is 4.79 Å². The first-order valence-corrected chi connectivity index (χ1v) is 8.79. The van der Waals surface area contributed by atoms with E-state index in [1.54, 1.807) is 6.07 Å². The number of carbonyl (C=O) groups is 1. The molecule has 1 heterocycles. The third kappa shape index (κ3) is 3.77. The smallest absolute Gasteiger partial charge is 0.211 e. The van der Waals surface area contributed by atoms with Gasteiger partial charge in [-0.05, 0) is 30.3 Å². The summed E-state index contributed by atoms with van der Waals surface area (Å²) in [7, 11) is 0. The molecule has 1 N–H and O–H groups in total. The average Bonchev–Trinajstić information content (AvgIpc) is 2.75. The van der Waals surface area contributed by atoms with E-state index in [4.69, 9.17) is 0 Å². The quantitative estimate of drug-likeness (QED) is 0.468. The number of anilines is 2. The highest BCUT2D eigenvalue weighted by Crippen LogP contribution is 2.29. The third-order valence-corrected chi connectivity index (χ3v) is 4.27. The second kappa shape index (κ2) is 7.67. The number of hydrogen-bond donors (Lipinski definition) is 1. The van der Waals surface area contributed by atoms with Crippen LogP contribution in [0.25, 0.3) is 11.3 Å². The van der Waals surface area contributed by atoms with Gasteiger partial charge in [-0.25, -0.2) is 4.98 Å². The van der Waals surface area contributed by atoms with Gasteiger partial charge in [0.1, 0.15) is 5.69 Å². The third-order valence-electron chi connectivity index (χ3n) is 4.27. The predicted octanol–water partition coefficient (Wildman–Crippen LogP) is 5.72. The van der Waals surface area contributed by atoms with E-state index in [-0.39, 0.29) is 5.78 Å². The Morgan fingerprint density at radius 3 is 2.11 bits per heavy atom. The second-order valence-electron chi connectivity index (χ2n) is 6.14. The minimum Gasteiger partial charge on any atom is -0.355 e. The van der Waals surface area contributed by atoms with E-state index < -0.39 is 0 Å². The molecule has 0 aliphatic rings. The zero-order valence-corrected chi connectivity index (χ0v) is 14.7. The molecule has 0 radical (unpaired) electrons. The maximum atomic E-state index is 12.7. The maximum absolute atomic E-state index is 12.7. The number of nitrogens with zero attached hydrogens (tertiary/aromatic N) is 1. The number of carbonyl (C=O) groups excluding carboxylic acids is 1. The molecular weight excluding hydrogens is 332 g/mol. The van der Waals surface area contributed by atoms with Gasteiger partial charge >= 0.3 is 0 Å². The van der Waals surface area contributed by atoms with Gasteiger partial charge in [0, 0.05) is 22.5 Å². The minimum atomic E-state index is -0.0778. The van der Waals surface area contributed by atoms with Crippen molar-refractivity contribution in [3.05, 3.63) is 114 Å². The summed E-state index contributed by atoms with van der Waals surface area (Å²) in [5.74, 6) is -0.0778. The van der Waals surface area contributed by atoms with Gasteiger partial charge in [0.2, 0.25) is 5.78 Å². The zero-order valence-electron chi connectivity index (χ0n) is 14.7. The molecule has 3 nitrogen and oxygen atoms in total. The first-order chi connectivity index (χ1) is 13.3. The van der Waals surface area contributed by atoms with Crippen molar-refractivity contribution in [3.8, 4) is 11.3 Å². The van der Waals surface area contributed by atoms with E-state index in [0.717, 1.165) is 22.6 Å². The topological polar surface area (TPSA) is 42.0 Å². The summed E-state index contributed by atoms with van der Waals surface area (Å²) in [6.45, 7) is 0. The van der Waals surface area contributed by atoms with E-state index in [0.29, 0.717) is 11.3 Å². The fourth-order valence-corrected chi connectivity index (χ4v) is 2.94. The summed E-state index contributed by atoms with van der Waals surface area (Å²) in [6.07, 6.45) is 0. The Hall–Kier alpha value is -3.72. The Morgan fingerprint density at radius 1 is 0.667 bits per heavy atom. The van der Waals surface area contributed by atoms with Gasteiger partial charge in [-0.15, -0.1) is 0 Å². The summed E-state index contributed by atoms with van der Waals surface area (Å²) in [5, 5.41) is 3.43. The predicted molar refractivity (Wildman–Crippen MR) is 109 cm³/mol. The molecule has 0 saturated heterocycles. The van der Waals surface area contributed by atoms with Crippen LogP contribution in [0.3, 0.4) is 0 Å². The molecule has 0 atom stereocenters. The molecule has 27 heavy (non-hydrogen) atoms. The van der Waals surface area contributed by atoms with Gasteiger partial charge < -0.3 is 5.32 Å². The normalized spacial score (nSPS) is 10.4. The maximum Gasteiger partial charge on any atom is 0.211 e. The van der Waals surface area contributed by atoms with Crippen LogP contribution in [0.4, 0.5) is 11.4 Å². The van der Waals surface area contributed by atoms with Crippen molar-refractivity contribution in [3.63, 3.8) is 0 Å². The van der Waals surface area contributed by atoms with E-state index in [1.165, 1.54) is 0 Å². The summed E-state index contributed by atoms with van der Waals surface area (Å²) in [4.78, 5) is 17.4. The molecule has 1 aromatic heterocycles. The highest BCUT2D eigenvalue weighted by molar-refractivity contribution is 6.08. The van der Waals surface area contributed by atoms with Crippen LogP contribution < -0.4 is 5.32 Å². The first kappa shape index (κ1) is 16.7. The first-order valence-electron chi connectivity index (χ1n) is 8.79. The van der Waals surface area contributed by atoms with Crippen LogP contribution >= 0.6 is 0 Å². The number of nitrogens with one attached hydrogen (secondary N) is 1. The van der Waals surface area contributed by atoms with Crippen molar-refractivity contribution in [1.82, 2.24) is 4.98 Å². The summed E-state index contributed by atoms with van der Waals surface area (Å²) in [6, 6.07) is 32.7. The molecule has 4 rings (SSSR count). The molecule has 0 aliphatic heterocycles. The molecular formula is C24H18N2O. The lowest BCUT2D eigenvalue weighted by atomic mass is 10.1. The minimum absolute atomic E-state index is 0.0778. The number of aromatic nitrogens is 1. The number of ketones is 1. The zero-order chi connectivity index (χ0) is 18.5. The summed E-state index contributed by atoms with van der Waals surface area (Å²) < 4.78 is 0. The lowest BCUT2D eigenvalue weighted by molar-refractivity contribution is 0.103. The fraction of sp³-hybridized carbons (Fsp3) is 0. The van der Waals surface area contributed by atoms with Gasteiger partial charge in [-0.1, -0.05) is 72.8 Å². The molecule has 0 bridgehead atoms. The molecule has 4 aromatic rings. The van der Waals surface area contributed by atoms with Gasteiger partial charge in [0.05, 0.1) is 5.69 Å². The van der Waals surface area contributed by atoms with Crippen LogP contribution in [0.5, 0.6) is 0 Å². The Balaban J connectivity index is 1.70. The summed E-state index contributed by atoms with van der Waals surface area (Å²) >= 11 is 0. The van der Waals surface area contributed by atoms with Crippen LogP contribution in [0.2, 0.25) is 0 Å². The van der Waals surface area contributed by atoms with Gasteiger partial charge in [0.15, 0.2) is 0 Å². The highest BCUT2D eigenvalue weighted by Gasteiger charge is 2.13. The number of hydrogen-bond acceptors (Lipinski definition) is 3. The average molecular weight is 350 g/mol. The number of para-hydroxylation sites is 2. The number of benzene rings is 3. The molecule has 0 unspecified atom stereocenters. The van der Waals surface area contributed by atoms with Gasteiger partial charge in [-0.3, -0.25) is 4.79 Å². The molecule has 3 aromatic carbocycles. The molecule has 0 aliphatic carbocycles. The molecule has 0 amide bonds. The van der Waals surface area contributed by atoms with Crippen molar-refractivity contribution in [2.75, 3.05) is 5.32 Å². The number of pyridine rings is 1. The van der Waals surface area contributed by atoms with Crippen LogP contribution in [-0.2, 0) is 0 Å². The molecule has 130 valence electrons. The van der Waals surface area contributed by atoms with Crippen LogP contribution in [0.15, 0.2) is 103 Å². The van der Waals surface area contributed by atoms with Crippen LogP contribution in [-0.4, -0.2) is 10.8 Å². The molecule has 0 saturated carbocycles. The largest absolute Gasteiger partial charge is 0.355 e. The van der Waals surface area contributed by atoms with E-state index in [9.17, 15) is 4.79 Å². The van der Waals surface area contributed by atoms with E-state index >= 15 is 0 Å². The van der Waals surface area contributed by atoms with Crippen LogP contribution in [0, 0.1) is 0 Å². The number of rotatable bonds is 5. The van der Waals surface area contributed by atoms with E-state index in [2.05, 4.69) is 10.3 Å². The van der Waals surface area contributed by atoms with Crippen molar-refractivity contribution in [2.45, 2.75) is 0 Å². The Morgan fingerprint density at radius 2 is 1.33 bits per heavy atom. The molecule has 0 spiro atoms. The van der Waals surface area contributed by atoms with Crippen molar-refractivity contribution in [1.29, 1.82) is 0 Å². The monoisotopic (exact) mass is 350 g/mol. The standard InChI is InChI=1S/C24H18N2O/c27-24(18-10-3-1-4-11-18)23-17-9-16-22(26-23)20-14-7-8-15-21(20)25-19-12-5-2-6-13-19/h1-17,25H. The second-order valence-corrected chi connectivity index (χ2v) is 6.14. The van der Waals surface area contributed by atoms with E-state index in [1.807, 2.05) is 97.1 Å². The van der Waals surface area contributed by atoms with Crippen molar-refractivity contribution in [2.24, 2.45) is 0 Å². The lowest BCUT2D eigenvalue weighted by Gasteiger charge is -2.12. The summed E-state index contributed by atoms with van der Waals surface area (Å²) in [5.41, 5.74) is 4.73. The Kier molecular flexibility index (Phi) is 4.75. The van der Waals surface area contributed by atoms with Gasteiger partial charge in [-0.2, -0.15) is 0 Å². The Bertz CT molecular complexity index is 1060. The lowest BCUT2D eigenvalue weighted by Crippen LogP contribution is -2.04. The molecule has 0 fully saturated rings. The molecule has 3 heteroatoms. The van der Waals surface area contributed by atoms with Crippen LogP contribution in [0.1, 0.15) is 16.1 Å². The highest BCUT2D eigenvalue weighted by atomic mass is 16.1. The Labute approximate surface area is 158 Å². The van der Waals surface area contributed by atoms with Gasteiger partial charge in [0.25, 0.3) is 0 Å². The van der Waals surface area contributed by atoms with Crippen molar-refractivity contribution >= 4 is 17.2 Å².